The van der Waals surface area contributed by atoms with Crippen molar-refractivity contribution in [3.05, 3.63) is 35.4 Å². The van der Waals surface area contributed by atoms with Crippen molar-refractivity contribution in [2.24, 2.45) is 0 Å². The molecule has 1 aromatic rings. The Morgan fingerprint density at radius 1 is 1.26 bits per heavy atom. The Morgan fingerprint density at radius 3 is 2.37 bits per heavy atom. The Labute approximate surface area is 110 Å². The van der Waals surface area contributed by atoms with E-state index in [1.54, 1.807) is 0 Å². The van der Waals surface area contributed by atoms with Crippen LogP contribution in [0.15, 0.2) is 24.3 Å². The monoisotopic (exact) mass is 274 g/mol. The first-order chi connectivity index (χ1) is 8.78. The molecule has 0 saturated carbocycles. The molecule has 0 aromatic heterocycles. The van der Waals surface area contributed by atoms with Crippen molar-refractivity contribution in [3.63, 3.8) is 0 Å². The highest BCUT2D eigenvalue weighted by Gasteiger charge is 2.27. The standard InChI is InChI=1S/C13H17F3N2O/c1-9-3-5-11(6-4-9)10(2)17-7-12(19)18-8-13(14,15)16/h3-6,10,17H,7-8H2,1-2H3,(H,18,19)/t10-/m1/s1. The van der Waals surface area contributed by atoms with E-state index >= 15 is 0 Å². The summed E-state index contributed by atoms with van der Waals surface area (Å²) in [6, 6.07) is 7.62. The summed E-state index contributed by atoms with van der Waals surface area (Å²) < 4.78 is 35.6. The Balaban J connectivity index is 2.35. The minimum Gasteiger partial charge on any atom is -0.346 e. The fraction of sp³-hybridized carbons (Fsp3) is 0.462. The van der Waals surface area contributed by atoms with Crippen molar-refractivity contribution in [3.8, 4) is 0 Å². The van der Waals surface area contributed by atoms with E-state index in [4.69, 9.17) is 0 Å². The van der Waals surface area contributed by atoms with Crippen molar-refractivity contribution >= 4 is 5.91 Å². The molecule has 0 spiro atoms. The summed E-state index contributed by atoms with van der Waals surface area (Å²) in [6.07, 6.45) is -4.38. The zero-order valence-corrected chi connectivity index (χ0v) is 10.8. The number of amides is 1. The SMILES string of the molecule is Cc1ccc([C@@H](C)NCC(=O)NCC(F)(F)F)cc1. The van der Waals surface area contributed by atoms with E-state index < -0.39 is 18.6 Å². The van der Waals surface area contributed by atoms with Gasteiger partial charge in [-0.3, -0.25) is 4.79 Å². The Hall–Kier alpha value is -1.56. The molecule has 106 valence electrons. The second kappa shape index (κ2) is 6.56. The second-order valence-corrected chi connectivity index (χ2v) is 4.41. The summed E-state index contributed by atoms with van der Waals surface area (Å²) in [5.74, 6) is -0.670. The van der Waals surface area contributed by atoms with Crippen LogP contribution in [0.5, 0.6) is 0 Å². The largest absolute Gasteiger partial charge is 0.405 e. The molecule has 1 atom stereocenters. The van der Waals surface area contributed by atoms with Gasteiger partial charge in [-0.05, 0) is 19.4 Å². The van der Waals surface area contributed by atoms with Gasteiger partial charge in [0.2, 0.25) is 5.91 Å². The molecule has 0 fully saturated rings. The van der Waals surface area contributed by atoms with Gasteiger partial charge in [0.05, 0.1) is 6.54 Å². The van der Waals surface area contributed by atoms with E-state index in [0.717, 1.165) is 11.1 Å². The second-order valence-electron chi connectivity index (χ2n) is 4.41. The molecular weight excluding hydrogens is 257 g/mol. The van der Waals surface area contributed by atoms with Gasteiger partial charge >= 0.3 is 6.18 Å². The van der Waals surface area contributed by atoms with Crippen LogP contribution in [0.1, 0.15) is 24.1 Å². The molecule has 0 aliphatic heterocycles. The molecule has 0 radical (unpaired) electrons. The lowest BCUT2D eigenvalue weighted by atomic mass is 10.1. The fourth-order valence-corrected chi connectivity index (χ4v) is 1.48. The minimum atomic E-state index is -4.38. The number of halogens is 3. The zero-order valence-electron chi connectivity index (χ0n) is 10.8. The van der Waals surface area contributed by atoms with Crippen LogP contribution >= 0.6 is 0 Å². The Bertz CT molecular complexity index is 415. The molecular formula is C13H17F3N2O. The van der Waals surface area contributed by atoms with E-state index in [-0.39, 0.29) is 12.6 Å². The maximum Gasteiger partial charge on any atom is 0.405 e. The molecule has 2 N–H and O–H groups in total. The quantitative estimate of drug-likeness (QED) is 0.865. The Morgan fingerprint density at radius 2 is 1.84 bits per heavy atom. The third kappa shape index (κ3) is 6.24. The lowest BCUT2D eigenvalue weighted by molar-refractivity contribution is -0.137. The third-order valence-corrected chi connectivity index (χ3v) is 2.63. The topological polar surface area (TPSA) is 41.1 Å². The summed E-state index contributed by atoms with van der Waals surface area (Å²) in [6.45, 7) is 2.37. The predicted octanol–water partition coefficient (Wildman–Crippen LogP) is 2.32. The number of nitrogens with one attached hydrogen (secondary N) is 2. The van der Waals surface area contributed by atoms with Crippen molar-refractivity contribution in [2.75, 3.05) is 13.1 Å². The number of hydrogen-bond donors (Lipinski definition) is 2. The van der Waals surface area contributed by atoms with Gasteiger partial charge in [-0.15, -0.1) is 0 Å². The van der Waals surface area contributed by atoms with E-state index in [1.165, 1.54) is 0 Å². The highest BCUT2D eigenvalue weighted by Crippen LogP contribution is 2.13. The number of carbonyl (C=O) groups excluding carboxylic acids is 1. The van der Waals surface area contributed by atoms with Crippen LogP contribution in [0.25, 0.3) is 0 Å². The van der Waals surface area contributed by atoms with Crippen LogP contribution in [0.2, 0.25) is 0 Å². The molecule has 1 rings (SSSR count). The average Bonchev–Trinajstić information content (AvgIpc) is 2.33. The van der Waals surface area contributed by atoms with E-state index in [1.807, 2.05) is 43.4 Å². The minimum absolute atomic E-state index is 0.0998. The molecule has 1 aromatic carbocycles. The number of alkyl halides is 3. The van der Waals surface area contributed by atoms with Crippen LogP contribution in [0.3, 0.4) is 0 Å². The van der Waals surface area contributed by atoms with Crippen molar-refractivity contribution in [1.82, 2.24) is 10.6 Å². The average molecular weight is 274 g/mol. The maximum atomic E-state index is 11.9. The van der Waals surface area contributed by atoms with Crippen LogP contribution < -0.4 is 10.6 Å². The maximum absolute atomic E-state index is 11.9. The number of rotatable bonds is 5. The number of aryl methyl sites for hydroxylation is 1. The summed E-state index contributed by atoms with van der Waals surface area (Å²) in [5.41, 5.74) is 2.10. The first-order valence-electron chi connectivity index (χ1n) is 5.91. The van der Waals surface area contributed by atoms with Gasteiger partial charge in [0.25, 0.3) is 0 Å². The first kappa shape index (κ1) is 15.5. The van der Waals surface area contributed by atoms with Crippen LogP contribution in [-0.4, -0.2) is 25.2 Å². The van der Waals surface area contributed by atoms with E-state index in [9.17, 15) is 18.0 Å². The molecule has 0 saturated heterocycles. The molecule has 0 heterocycles. The van der Waals surface area contributed by atoms with Gasteiger partial charge in [0, 0.05) is 6.04 Å². The predicted molar refractivity (Wildman–Crippen MR) is 66.7 cm³/mol. The van der Waals surface area contributed by atoms with Crippen LogP contribution in [0.4, 0.5) is 13.2 Å². The molecule has 0 bridgehead atoms. The molecule has 0 aliphatic rings. The lowest BCUT2D eigenvalue weighted by Gasteiger charge is -2.15. The fourth-order valence-electron chi connectivity index (χ4n) is 1.48. The highest BCUT2D eigenvalue weighted by atomic mass is 19.4. The summed E-state index contributed by atoms with van der Waals surface area (Å²) >= 11 is 0. The van der Waals surface area contributed by atoms with Crippen LogP contribution in [0, 0.1) is 6.92 Å². The van der Waals surface area contributed by atoms with Gasteiger partial charge in [-0.1, -0.05) is 29.8 Å². The molecule has 1 amide bonds. The normalized spacial score (nSPS) is 13.1. The van der Waals surface area contributed by atoms with Gasteiger partial charge in [-0.2, -0.15) is 13.2 Å². The summed E-state index contributed by atoms with van der Waals surface area (Å²) in [4.78, 5) is 11.2. The molecule has 6 heteroatoms. The number of carbonyl (C=O) groups is 1. The first-order valence-corrected chi connectivity index (χ1v) is 5.91. The van der Waals surface area contributed by atoms with Crippen molar-refractivity contribution < 1.29 is 18.0 Å². The third-order valence-electron chi connectivity index (χ3n) is 2.63. The Kier molecular flexibility index (Phi) is 5.35. The smallest absolute Gasteiger partial charge is 0.346 e. The van der Waals surface area contributed by atoms with Gasteiger partial charge in [-0.25, -0.2) is 0 Å². The lowest BCUT2D eigenvalue weighted by Crippen LogP contribution is -2.39. The number of benzene rings is 1. The molecule has 0 unspecified atom stereocenters. The highest BCUT2D eigenvalue weighted by molar-refractivity contribution is 5.78. The molecule has 3 nitrogen and oxygen atoms in total. The van der Waals surface area contributed by atoms with E-state index in [0.29, 0.717) is 0 Å². The van der Waals surface area contributed by atoms with Gasteiger partial charge in [0.1, 0.15) is 6.54 Å². The van der Waals surface area contributed by atoms with Crippen molar-refractivity contribution in [2.45, 2.75) is 26.1 Å². The number of hydrogen-bond acceptors (Lipinski definition) is 2. The van der Waals surface area contributed by atoms with Crippen molar-refractivity contribution in [1.29, 1.82) is 0 Å². The van der Waals surface area contributed by atoms with E-state index in [2.05, 4.69) is 5.32 Å². The summed E-state index contributed by atoms with van der Waals surface area (Å²) in [5, 5.41) is 4.69. The van der Waals surface area contributed by atoms with Gasteiger partial charge in [0.15, 0.2) is 0 Å². The summed E-state index contributed by atoms with van der Waals surface area (Å²) in [7, 11) is 0. The molecule has 0 aliphatic carbocycles. The zero-order chi connectivity index (χ0) is 14.5. The molecule has 19 heavy (non-hydrogen) atoms. The van der Waals surface area contributed by atoms with Crippen LogP contribution in [-0.2, 0) is 4.79 Å². The van der Waals surface area contributed by atoms with Gasteiger partial charge < -0.3 is 10.6 Å².